The molecule has 0 bridgehead atoms. The predicted octanol–water partition coefficient (Wildman–Crippen LogP) is 14.2. The fourth-order valence-electron chi connectivity index (χ4n) is 8.97. The van der Waals surface area contributed by atoms with Gasteiger partial charge in [-0.2, -0.15) is 0 Å². The molecular formula is C57H40N4. The fourth-order valence-corrected chi connectivity index (χ4v) is 8.97. The Balaban J connectivity index is 0.907. The quantitative estimate of drug-likeness (QED) is 0.162. The first-order valence-corrected chi connectivity index (χ1v) is 21.0. The third kappa shape index (κ3) is 6.98. The Morgan fingerprint density at radius 2 is 0.770 bits per heavy atom. The molecule has 61 heavy (non-hydrogen) atoms. The molecule has 11 rings (SSSR count). The zero-order chi connectivity index (χ0) is 40.5. The van der Waals surface area contributed by atoms with Crippen molar-refractivity contribution in [2.45, 2.75) is 18.8 Å². The summed E-state index contributed by atoms with van der Waals surface area (Å²) in [6.45, 7) is 0. The lowest BCUT2D eigenvalue weighted by Crippen LogP contribution is -2.02. The van der Waals surface area contributed by atoms with E-state index < -0.39 is 0 Å². The maximum Gasteiger partial charge on any atom is 0.164 e. The minimum atomic E-state index is 0.244. The Morgan fingerprint density at radius 3 is 1.36 bits per heavy atom. The summed E-state index contributed by atoms with van der Waals surface area (Å²) in [7, 11) is 0. The van der Waals surface area contributed by atoms with Crippen LogP contribution in [0, 0.1) is 0 Å². The van der Waals surface area contributed by atoms with Crippen molar-refractivity contribution in [3.8, 4) is 78.8 Å². The molecule has 10 aromatic rings. The maximum absolute atomic E-state index is 5.28. The van der Waals surface area contributed by atoms with Crippen molar-refractivity contribution < 1.29 is 0 Å². The van der Waals surface area contributed by atoms with Gasteiger partial charge < -0.3 is 0 Å². The van der Waals surface area contributed by atoms with Gasteiger partial charge in [-0.3, -0.25) is 0 Å². The molecule has 1 unspecified atom stereocenters. The van der Waals surface area contributed by atoms with Crippen molar-refractivity contribution >= 4 is 10.9 Å². The van der Waals surface area contributed by atoms with E-state index in [-0.39, 0.29) is 5.92 Å². The van der Waals surface area contributed by atoms with Gasteiger partial charge in [-0.15, -0.1) is 0 Å². The molecule has 1 aliphatic rings. The molecule has 0 amide bonds. The zero-order valence-corrected chi connectivity index (χ0v) is 33.5. The van der Waals surface area contributed by atoms with Gasteiger partial charge in [-0.1, -0.05) is 206 Å². The standard InChI is InChI=1S/C57H40N4/c1-4-14-38(15-5-1)39-26-32-45(33-27-39)56-59-55(44-18-8-3-9-19-44)60-57(61-56)46-34-28-41(29-35-46)40-24-30-42(31-25-40)47-36-37-51-53(49-21-11-10-20-48(47)49)50-22-12-13-23-52(50)58-54(51)43-16-6-2-7-17-43/h1-35,47H,36-37H2. The van der Waals surface area contributed by atoms with Crippen LogP contribution in [0.3, 0.4) is 0 Å². The number of rotatable bonds is 7. The number of hydrogen-bond donors (Lipinski definition) is 0. The van der Waals surface area contributed by atoms with Gasteiger partial charge in [0.2, 0.25) is 0 Å². The predicted molar refractivity (Wildman–Crippen MR) is 250 cm³/mol. The van der Waals surface area contributed by atoms with E-state index in [1.165, 1.54) is 44.3 Å². The van der Waals surface area contributed by atoms with Gasteiger partial charge in [0.15, 0.2) is 17.5 Å². The van der Waals surface area contributed by atoms with Crippen LogP contribution in [-0.2, 0) is 6.42 Å². The van der Waals surface area contributed by atoms with Gasteiger partial charge in [-0.05, 0) is 69.0 Å². The molecule has 1 atom stereocenters. The minimum Gasteiger partial charge on any atom is -0.247 e. The first kappa shape index (κ1) is 36.3. The summed E-state index contributed by atoms with van der Waals surface area (Å²) in [6, 6.07) is 75.0. The summed E-state index contributed by atoms with van der Waals surface area (Å²) >= 11 is 0. The Kier molecular flexibility index (Phi) is 9.36. The third-order valence-electron chi connectivity index (χ3n) is 12.0. The van der Waals surface area contributed by atoms with Gasteiger partial charge in [0.1, 0.15) is 0 Å². The van der Waals surface area contributed by atoms with Crippen LogP contribution in [0.15, 0.2) is 212 Å². The lowest BCUT2D eigenvalue weighted by atomic mass is 9.85. The zero-order valence-electron chi connectivity index (χ0n) is 33.5. The Morgan fingerprint density at radius 1 is 0.344 bits per heavy atom. The first-order valence-electron chi connectivity index (χ1n) is 21.0. The number of aromatic nitrogens is 4. The minimum absolute atomic E-state index is 0.244. The van der Waals surface area contributed by atoms with Crippen LogP contribution in [0.5, 0.6) is 0 Å². The number of pyridine rings is 1. The van der Waals surface area contributed by atoms with Gasteiger partial charge >= 0.3 is 0 Å². The van der Waals surface area contributed by atoms with Crippen molar-refractivity contribution in [2.75, 3.05) is 0 Å². The molecule has 288 valence electrons. The number of benzene rings is 8. The van der Waals surface area contributed by atoms with Crippen LogP contribution in [0.4, 0.5) is 0 Å². The molecule has 0 saturated carbocycles. The van der Waals surface area contributed by atoms with E-state index in [4.69, 9.17) is 19.9 Å². The highest BCUT2D eigenvalue weighted by Gasteiger charge is 2.28. The van der Waals surface area contributed by atoms with Crippen LogP contribution in [0.2, 0.25) is 0 Å². The average Bonchev–Trinajstić information content (AvgIpc) is 3.52. The number of hydrogen-bond acceptors (Lipinski definition) is 4. The Hall–Kier alpha value is -7.82. The van der Waals surface area contributed by atoms with Crippen LogP contribution in [-0.4, -0.2) is 19.9 Å². The molecule has 0 fully saturated rings. The monoisotopic (exact) mass is 780 g/mol. The van der Waals surface area contributed by atoms with E-state index >= 15 is 0 Å². The molecule has 8 aromatic carbocycles. The van der Waals surface area contributed by atoms with Gasteiger partial charge in [-0.25, -0.2) is 19.9 Å². The van der Waals surface area contributed by atoms with Gasteiger partial charge in [0.25, 0.3) is 0 Å². The lowest BCUT2D eigenvalue weighted by molar-refractivity contribution is 0.726. The lowest BCUT2D eigenvalue weighted by Gasteiger charge is -2.19. The van der Waals surface area contributed by atoms with Crippen LogP contribution in [0.1, 0.15) is 29.0 Å². The molecule has 0 radical (unpaired) electrons. The maximum atomic E-state index is 5.28. The second kappa shape index (κ2) is 15.7. The molecule has 2 aromatic heterocycles. The second-order valence-corrected chi connectivity index (χ2v) is 15.7. The summed E-state index contributed by atoms with van der Waals surface area (Å²) in [6.07, 6.45) is 1.93. The van der Waals surface area contributed by atoms with E-state index in [0.717, 1.165) is 57.4 Å². The molecule has 0 aliphatic heterocycles. The van der Waals surface area contributed by atoms with E-state index in [2.05, 4.69) is 176 Å². The van der Waals surface area contributed by atoms with Crippen molar-refractivity contribution in [3.63, 3.8) is 0 Å². The summed E-state index contributed by atoms with van der Waals surface area (Å²) < 4.78 is 0. The van der Waals surface area contributed by atoms with Gasteiger partial charge in [0, 0.05) is 33.6 Å². The molecule has 1 aliphatic carbocycles. The fraction of sp³-hybridized carbons (Fsp3) is 0.0526. The molecule has 2 heterocycles. The second-order valence-electron chi connectivity index (χ2n) is 15.7. The van der Waals surface area contributed by atoms with E-state index in [9.17, 15) is 0 Å². The topological polar surface area (TPSA) is 51.6 Å². The molecule has 0 N–H and O–H groups in total. The van der Waals surface area contributed by atoms with E-state index in [1.807, 2.05) is 36.4 Å². The Bertz CT molecular complexity index is 3150. The highest BCUT2D eigenvalue weighted by Crippen LogP contribution is 2.46. The summed E-state index contributed by atoms with van der Waals surface area (Å²) in [5.74, 6) is 2.18. The van der Waals surface area contributed by atoms with Crippen molar-refractivity contribution in [1.29, 1.82) is 0 Å². The smallest absolute Gasteiger partial charge is 0.164 e. The molecular weight excluding hydrogens is 741 g/mol. The molecule has 4 heteroatoms. The van der Waals surface area contributed by atoms with Gasteiger partial charge in [0.05, 0.1) is 11.2 Å². The van der Waals surface area contributed by atoms with Crippen LogP contribution in [0.25, 0.3) is 89.7 Å². The Labute approximate surface area is 356 Å². The summed E-state index contributed by atoms with van der Waals surface area (Å²) in [5, 5.41) is 1.21. The number of nitrogens with zero attached hydrogens (tertiary/aromatic N) is 4. The average molecular weight is 781 g/mol. The van der Waals surface area contributed by atoms with Crippen LogP contribution < -0.4 is 0 Å². The van der Waals surface area contributed by atoms with E-state index in [1.54, 1.807) is 0 Å². The van der Waals surface area contributed by atoms with Crippen LogP contribution >= 0.6 is 0 Å². The number of para-hydroxylation sites is 1. The van der Waals surface area contributed by atoms with E-state index in [0.29, 0.717) is 17.5 Å². The summed E-state index contributed by atoms with van der Waals surface area (Å²) in [5.41, 5.74) is 17.4. The molecule has 4 nitrogen and oxygen atoms in total. The number of fused-ring (bicyclic) bond motifs is 5. The molecule has 0 saturated heterocycles. The van der Waals surface area contributed by atoms with Crippen molar-refractivity contribution in [3.05, 3.63) is 229 Å². The largest absolute Gasteiger partial charge is 0.247 e. The highest BCUT2D eigenvalue weighted by molar-refractivity contribution is 6.00. The normalized spacial score (nSPS) is 13.3. The highest BCUT2D eigenvalue weighted by atomic mass is 15.0. The summed E-state index contributed by atoms with van der Waals surface area (Å²) in [4.78, 5) is 20.2. The van der Waals surface area contributed by atoms with Crippen molar-refractivity contribution in [2.24, 2.45) is 0 Å². The third-order valence-corrected chi connectivity index (χ3v) is 12.0. The SMILES string of the molecule is c1ccc(-c2ccc(-c3nc(-c4ccccc4)nc(-c4ccc(-c5ccc(C6CCc7c(-c8ccccc8)nc8ccccc8c7-c7ccccc76)cc5)cc4)n3)cc2)cc1. The molecule has 0 spiro atoms. The first-order chi connectivity index (χ1) is 30.2. The van der Waals surface area contributed by atoms with Crippen molar-refractivity contribution in [1.82, 2.24) is 19.9 Å².